The average molecular weight is 194 g/mol. The van der Waals surface area contributed by atoms with E-state index in [-0.39, 0.29) is 0 Å². The van der Waals surface area contributed by atoms with Crippen molar-refractivity contribution in [2.75, 3.05) is 0 Å². The minimum Gasteiger partial charge on any atom is -0.481 e. The molecule has 0 aliphatic rings. The van der Waals surface area contributed by atoms with Gasteiger partial charge in [-0.1, -0.05) is 29.8 Å². The van der Waals surface area contributed by atoms with Crippen molar-refractivity contribution < 1.29 is 15.0 Å². The number of hydrogen-bond acceptors (Lipinski definition) is 2. The Bertz CT molecular complexity index is 316. The minimum absolute atomic E-state index is 0.644. The molecule has 2 unspecified atom stereocenters. The SMILES string of the molecule is Cc1ccc(C(O)C(C)C(=O)O)cc1. The fraction of sp³-hybridized carbons (Fsp3) is 0.364. The summed E-state index contributed by atoms with van der Waals surface area (Å²) in [5, 5.41) is 18.4. The van der Waals surface area contributed by atoms with Crippen molar-refractivity contribution in [3.05, 3.63) is 35.4 Å². The molecule has 1 aromatic rings. The predicted octanol–water partition coefficient (Wildman–Crippen LogP) is 1.75. The van der Waals surface area contributed by atoms with E-state index in [2.05, 4.69) is 0 Å². The molecule has 1 rings (SSSR count). The maximum Gasteiger partial charge on any atom is 0.309 e. The van der Waals surface area contributed by atoms with Crippen LogP contribution in [-0.2, 0) is 4.79 Å². The zero-order chi connectivity index (χ0) is 10.7. The Morgan fingerprint density at radius 1 is 1.29 bits per heavy atom. The molecule has 0 aliphatic heterocycles. The Labute approximate surface area is 83.0 Å². The first-order chi connectivity index (χ1) is 6.52. The summed E-state index contributed by atoms with van der Waals surface area (Å²) >= 11 is 0. The molecule has 3 nitrogen and oxygen atoms in total. The summed E-state index contributed by atoms with van der Waals surface area (Å²) in [6, 6.07) is 7.21. The Kier molecular flexibility index (Phi) is 3.25. The summed E-state index contributed by atoms with van der Waals surface area (Å²) in [6.07, 6.45) is -0.937. The first-order valence-corrected chi connectivity index (χ1v) is 4.50. The Morgan fingerprint density at radius 3 is 2.21 bits per heavy atom. The van der Waals surface area contributed by atoms with Crippen LogP contribution in [-0.4, -0.2) is 16.2 Å². The number of aryl methyl sites for hydroxylation is 1. The lowest BCUT2D eigenvalue weighted by atomic mass is 9.97. The number of benzene rings is 1. The van der Waals surface area contributed by atoms with Crippen LogP contribution in [0.3, 0.4) is 0 Å². The molecule has 0 bridgehead atoms. The average Bonchev–Trinajstić information content (AvgIpc) is 2.16. The maximum absolute atomic E-state index is 10.6. The van der Waals surface area contributed by atoms with Crippen LogP contribution in [0.15, 0.2) is 24.3 Å². The molecule has 0 aromatic heterocycles. The van der Waals surface area contributed by atoms with Crippen LogP contribution in [0.2, 0.25) is 0 Å². The summed E-state index contributed by atoms with van der Waals surface area (Å²) in [5.41, 5.74) is 1.73. The van der Waals surface area contributed by atoms with Crippen LogP contribution >= 0.6 is 0 Å². The smallest absolute Gasteiger partial charge is 0.309 e. The Hall–Kier alpha value is -1.35. The lowest BCUT2D eigenvalue weighted by Gasteiger charge is -2.15. The van der Waals surface area contributed by atoms with E-state index in [1.807, 2.05) is 19.1 Å². The van der Waals surface area contributed by atoms with Gasteiger partial charge < -0.3 is 10.2 Å². The molecule has 3 heteroatoms. The molecule has 2 atom stereocenters. The summed E-state index contributed by atoms with van der Waals surface area (Å²) in [5.74, 6) is -1.77. The molecule has 0 saturated carbocycles. The molecule has 0 radical (unpaired) electrons. The van der Waals surface area contributed by atoms with Gasteiger partial charge in [-0.05, 0) is 19.4 Å². The molecule has 0 fully saturated rings. The predicted molar refractivity (Wildman–Crippen MR) is 52.9 cm³/mol. The van der Waals surface area contributed by atoms with Gasteiger partial charge in [0.05, 0.1) is 12.0 Å². The Morgan fingerprint density at radius 2 is 1.79 bits per heavy atom. The highest BCUT2D eigenvalue weighted by Crippen LogP contribution is 2.21. The monoisotopic (exact) mass is 194 g/mol. The fourth-order valence-electron chi connectivity index (χ4n) is 1.19. The standard InChI is InChI=1S/C11H14O3/c1-7-3-5-9(6-4-7)10(12)8(2)11(13)14/h3-6,8,10,12H,1-2H3,(H,13,14). The van der Waals surface area contributed by atoms with E-state index in [4.69, 9.17) is 5.11 Å². The molecule has 0 aliphatic carbocycles. The molecule has 2 N–H and O–H groups in total. The van der Waals surface area contributed by atoms with Crippen molar-refractivity contribution in [2.24, 2.45) is 5.92 Å². The van der Waals surface area contributed by atoms with Gasteiger partial charge in [0.15, 0.2) is 0 Å². The molecule has 0 amide bonds. The second-order valence-corrected chi connectivity index (χ2v) is 3.48. The number of rotatable bonds is 3. The third kappa shape index (κ3) is 2.33. The van der Waals surface area contributed by atoms with E-state index in [1.54, 1.807) is 12.1 Å². The van der Waals surface area contributed by atoms with E-state index >= 15 is 0 Å². The highest BCUT2D eigenvalue weighted by Gasteiger charge is 2.22. The van der Waals surface area contributed by atoms with Crippen molar-refractivity contribution in [3.8, 4) is 0 Å². The maximum atomic E-state index is 10.6. The molecular weight excluding hydrogens is 180 g/mol. The van der Waals surface area contributed by atoms with Crippen LogP contribution in [0.4, 0.5) is 0 Å². The van der Waals surface area contributed by atoms with Gasteiger partial charge in [0, 0.05) is 0 Å². The summed E-state index contributed by atoms with van der Waals surface area (Å²) < 4.78 is 0. The van der Waals surface area contributed by atoms with Gasteiger partial charge in [-0.25, -0.2) is 0 Å². The fourth-order valence-corrected chi connectivity index (χ4v) is 1.19. The molecule has 0 saturated heterocycles. The molecule has 1 aromatic carbocycles. The molecule has 0 heterocycles. The van der Waals surface area contributed by atoms with E-state index in [1.165, 1.54) is 6.92 Å². The van der Waals surface area contributed by atoms with Gasteiger partial charge in [0.25, 0.3) is 0 Å². The lowest BCUT2D eigenvalue weighted by molar-refractivity contribution is -0.145. The zero-order valence-electron chi connectivity index (χ0n) is 8.27. The summed E-state index contributed by atoms with van der Waals surface area (Å²) in [4.78, 5) is 10.6. The number of aliphatic carboxylic acids is 1. The van der Waals surface area contributed by atoms with Crippen LogP contribution < -0.4 is 0 Å². The summed E-state index contributed by atoms with van der Waals surface area (Å²) in [6.45, 7) is 3.43. The Balaban J connectivity index is 2.84. The quantitative estimate of drug-likeness (QED) is 0.770. The zero-order valence-corrected chi connectivity index (χ0v) is 8.27. The van der Waals surface area contributed by atoms with Crippen LogP contribution in [0.1, 0.15) is 24.2 Å². The van der Waals surface area contributed by atoms with Gasteiger partial charge in [-0.2, -0.15) is 0 Å². The van der Waals surface area contributed by atoms with Gasteiger partial charge in [0.2, 0.25) is 0 Å². The van der Waals surface area contributed by atoms with E-state index < -0.39 is 18.0 Å². The summed E-state index contributed by atoms with van der Waals surface area (Å²) in [7, 11) is 0. The number of aliphatic hydroxyl groups excluding tert-OH is 1. The topological polar surface area (TPSA) is 57.5 Å². The number of aliphatic hydroxyl groups is 1. The molecule has 0 spiro atoms. The van der Waals surface area contributed by atoms with Crippen LogP contribution in [0, 0.1) is 12.8 Å². The number of hydrogen-bond donors (Lipinski definition) is 2. The highest BCUT2D eigenvalue weighted by molar-refractivity contribution is 5.70. The highest BCUT2D eigenvalue weighted by atomic mass is 16.4. The normalized spacial score (nSPS) is 14.8. The van der Waals surface area contributed by atoms with Crippen molar-refractivity contribution in [1.82, 2.24) is 0 Å². The van der Waals surface area contributed by atoms with Crippen molar-refractivity contribution in [3.63, 3.8) is 0 Å². The second-order valence-electron chi connectivity index (χ2n) is 3.48. The molecule has 76 valence electrons. The molecule has 14 heavy (non-hydrogen) atoms. The van der Waals surface area contributed by atoms with Crippen LogP contribution in [0.25, 0.3) is 0 Å². The van der Waals surface area contributed by atoms with Gasteiger partial charge in [-0.15, -0.1) is 0 Å². The first kappa shape index (κ1) is 10.7. The van der Waals surface area contributed by atoms with E-state index in [0.29, 0.717) is 5.56 Å². The van der Waals surface area contributed by atoms with Gasteiger partial charge in [0.1, 0.15) is 0 Å². The minimum atomic E-state index is -0.988. The third-order valence-corrected chi connectivity index (χ3v) is 2.28. The number of carboxylic acids is 1. The van der Waals surface area contributed by atoms with Crippen molar-refractivity contribution in [1.29, 1.82) is 0 Å². The molecular formula is C11H14O3. The van der Waals surface area contributed by atoms with Gasteiger partial charge in [-0.3, -0.25) is 4.79 Å². The lowest BCUT2D eigenvalue weighted by Crippen LogP contribution is -2.18. The second kappa shape index (κ2) is 4.24. The van der Waals surface area contributed by atoms with Crippen LogP contribution in [0.5, 0.6) is 0 Å². The number of carbonyl (C=O) groups is 1. The van der Waals surface area contributed by atoms with Gasteiger partial charge >= 0.3 is 5.97 Å². The number of carboxylic acid groups (broad SMARTS) is 1. The largest absolute Gasteiger partial charge is 0.481 e. The van der Waals surface area contributed by atoms with E-state index in [0.717, 1.165) is 5.56 Å². The van der Waals surface area contributed by atoms with Crippen molar-refractivity contribution in [2.45, 2.75) is 20.0 Å². The first-order valence-electron chi connectivity index (χ1n) is 4.50. The van der Waals surface area contributed by atoms with Crippen molar-refractivity contribution >= 4 is 5.97 Å². The third-order valence-electron chi connectivity index (χ3n) is 2.28. The van der Waals surface area contributed by atoms with E-state index in [9.17, 15) is 9.90 Å².